The summed E-state index contributed by atoms with van der Waals surface area (Å²) in [6.07, 6.45) is 1.04. The Hall–Kier alpha value is -2.87. The van der Waals surface area contributed by atoms with Crippen LogP contribution in [-0.2, 0) is 16.0 Å². The van der Waals surface area contributed by atoms with Gasteiger partial charge in [0.2, 0.25) is 5.91 Å². The van der Waals surface area contributed by atoms with Crippen molar-refractivity contribution in [1.82, 2.24) is 14.9 Å². The van der Waals surface area contributed by atoms with E-state index in [0.717, 1.165) is 18.7 Å². The number of ether oxygens (including phenoxy) is 1. The lowest BCUT2D eigenvalue weighted by Gasteiger charge is -2.33. The van der Waals surface area contributed by atoms with Gasteiger partial charge in [-0.15, -0.1) is 0 Å². The van der Waals surface area contributed by atoms with E-state index in [-0.39, 0.29) is 24.0 Å². The fourth-order valence-corrected chi connectivity index (χ4v) is 3.89. The summed E-state index contributed by atoms with van der Waals surface area (Å²) >= 11 is 0. The lowest BCUT2D eigenvalue weighted by atomic mass is 10.1. The molecule has 3 heterocycles. The summed E-state index contributed by atoms with van der Waals surface area (Å²) in [7, 11) is 0. The Morgan fingerprint density at radius 2 is 1.94 bits per heavy atom. The Morgan fingerprint density at radius 1 is 1.16 bits per heavy atom. The molecule has 0 spiro atoms. The number of hydrogen-bond donors (Lipinski definition) is 0. The van der Waals surface area contributed by atoms with E-state index in [0.29, 0.717) is 44.0 Å². The third-order valence-electron chi connectivity index (χ3n) is 5.62. The molecule has 31 heavy (non-hydrogen) atoms. The Labute approximate surface area is 180 Å². The molecular formula is C23H26F2N4O2. The summed E-state index contributed by atoms with van der Waals surface area (Å²) in [5.41, 5.74) is 2.30. The highest BCUT2D eigenvalue weighted by Gasteiger charge is 2.27. The largest absolute Gasteiger partial charge is 0.368 e. The predicted molar refractivity (Wildman–Crippen MR) is 113 cm³/mol. The summed E-state index contributed by atoms with van der Waals surface area (Å²) < 4.78 is 33.8. The van der Waals surface area contributed by atoms with E-state index in [1.807, 2.05) is 18.0 Å². The minimum atomic E-state index is -0.588. The third-order valence-corrected chi connectivity index (χ3v) is 5.62. The number of morpholine rings is 1. The minimum absolute atomic E-state index is 0.00618. The molecule has 0 saturated carbocycles. The molecular weight excluding hydrogens is 402 g/mol. The summed E-state index contributed by atoms with van der Waals surface area (Å²) in [6.45, 7) is 4.84. The smallest absolute Gasteiger partial charge is 0.224 e. The van der Waals surface area contributed by atoms with E-state index in [4.69, 9.17) is 4.74 Å². The SMILES string of the molecule is CC1=NN(CCC(=O)N2CCOC(c3cccc(Cc4c(F)cccc4F)n3)C2)CC1. The maximum Gasteiger partial charge on any atom is 0.224 e. The second-order valence-corrected chi connectivity index (χ2v) is 7.92. The van der Waals surface area contributed by atoms with Crippen LogP contribution in [0.3, 0.4) is 0 Å². The Morgan fingerprint density at radius 3 is 2.68 bits per heavy atom. The van der Waals surface area contributed by atoms with Crippen LogP contribution >= 0.6 is 0 Å². The van der Waals surface area contributed by atoms with E-state index in [1.165, 1.54) is 18.2 Å². The molecule has 2 aromatic rings. The number of pyridine rings is 1. The van der Waals surface area contributed by atoms with E-state index in [2.05, 4.69) is 10.1 Å². The van der Waals surface area contributed by atoms with Gasteiger partial charge in [0, 0.05) is 55.9 Å². The molecule has 1 unspecified atom stereocenters. The maximum absolute atomic E-state index is 14.0. The second kappa shape index (κ2) is 9.51. The molecule has 1 aromatic carbocycles. The molecule has 8 heteroatoms. The van der Waals surface area contributed by atoms with E-state index in [9.17, 15) is 13.6 Å². The molecule has 1 atom stereocenters. The van der Waals surface area contributed by atoms with Crippen LogP contribution in [0.15, 0.2) is 41.5 Å². The number of carbonyl (C=O) groups is 1. The van der Waals surface area contributed by atoms with Gasteiger partial charge in [-0.2, -0.15) is 5.10 Å². The molecule has 2 aliphatic heterocycles. The average Bonchev–Trinajstić information content (AvgIpc) is 3.20. The van der Waals surface area contributed by atoms with Crippen molar-refractivity contribution in [3.8, 4) is 0 Å². The van der Waals surface area contributed by atoms with Crippen LogP contribution in [0.25, 0.3) is 0 Å². The van der Waals surface area contributed by atoms with Crippen LogP contribution in [0.5, 0.6) is 0 Å². The Kier molecular flexibility index (Phi) is 6.56. The molecule has 0 aliphatic carbocycles. The molecule has 0 N–H and O–H groups in total. The molecule has 1 amide bonds. The summed E-state index contributed by atoms with van der Waals surface area (Å²) in [4.78, 5) is 19.0. The molecule has 164 valence electrons. The standard InChI is InChI=1S/C23H26F2N4O2/c1-16-8-10-29(27-16)11-9-23(30)28-12-13-31-22(15-28)21-7-2-4-17(26-21)14-18-19(24)5-3-6-20(18)25/h2-7,22H,8-15H2,1H3. The van der Waals surface area contributed by atoms with Gasteiger partial charge in [0.1, 0.15) is 17.7 Å². The van der Waals surface area contributed by atoms with Gasteiger partial charge < -0.3 is 9.64 Å². The molecule has 1 fully saturated rings. The van der Waals surface area contributed by atoms with Gasteiger partial charge in [-0.1, -0.05) is 12.1 Å². The molecule has 1 saturated heterocycles. The van der Waals surface area contributed by atoms with Crippen molar-refractivity contribution in [1.29, 1.82) is 0 Å². The number of hydrazone groups is 1. The van der Waals surface area contributed by atoms with Gasteiger partial charge in [0.15, 0.2) is 0 Å². The van der Waals surface area contributed by atoms with E-state index >= 15 is 0 Å². The topological polar surface area (TPSA) is 58.0 Å². The van der Waals surface area contributed by atoms with Crippen molar-refractivity contribution in [2.75, 3.05) is 32.8 Å². The van der Waals surface area contributed by atoms with Gasteiger partial charge >= 0.3 is 0 Å². The molecule has 4 rings (SSSR count). The van der Waals surface area contributed by atoms with Gasteiger partial charge in [0.05, 0.1) is 18.8 Å². The predicted octanol–water partition coefficient (Wildman–Crippen LogP) is 3.32. The first-order valence-electron chi connectivity index (χ1n) is 10.6. The average molecular weight is 428 g/mol. The third kappa shape index (κ3) is 5.25. The van der Waals surface area contributed by atoms with E-state index in [1.54, 1.807) is 17.0 Å². The highest BCUT2D eigenvalue weighted by atomic mass is 19.1. The fraction of sp³-hybridized carbons (Fsp3) is 0.435. The van der Waals surface area contributed by atoms with Crippen LogP contribution in [0.1, 0.15) is 42.8 Å². The number of aromatic nitrogens is 1. The van der Waals surface area contributed by atoms with Crippen molar-refractivity contribution < 1.29 is 18.3 Å². The monoisotopic (exact) mass is 428 g/mol. The van der Waals surface area contributed by atoms with Crippen LogP contribution in [0.4, 0.5) is 8.78 Å². The number of halogens is 2. The van der Waals surface area contributed by atoms with Crippen molar-refractivity contribution in [2.45, 2.75) is 32.3 Å². The van der Waals surface area contributed by atoms with Gasteiger partial charge in [-0.25, -0.2) is 8.78 Å². The summed E-state index contributed by atoms with van der Waals surface area (Å²) in [5.74, 6) is -1.11. The lowest BCUT2D eigenvalue weighted by molar-refractivity contribution is -0.139. The number of benzene rings is 1. The normalized spacial score (nSPS) is 18.9. The Bertz CT molecular complexity index is 962. The first-order chi connectivity index (χ1) is 15.0. The maximum atomic E-state index is 14.0. The number of hydrogen-bond acceptors (Lipinski definition) is 5. The second-order valence-electron chi connectivity index (χ2n) is 7.92. The number of nitrogens with zero attached hydrogens (tertiary/aromatic N) is 4. The zero-order valence-electron chi connectivity index (χ0n) is 17.6. The fourth-order valence-electron chi connectivity index (χ4n) is 3.89. The van der Waals surface area contributed by atoms with Crippen LogP contribution in [-0.4, -0.2) is 59.3 Å². The lowest BCUT2D eigenvalue weighted by Crippen LogP contribution is -2.43. The quantitative estimate of drug-likeness (QED) is 0.708. The van der Waals surface area contributed by atoms with Crippen molar-refractivity contribution in [3.63, 3.8) is 0 Å². The van der Waals surface area contributed by atoms with Gasteiger partial charge in [-0.3, -0.25) is 14.8 Å². The Balaban J connectivity index is 1.39. The highest BCUT2D eigenvalue weighted by molar-refractivity contribution is 5.83. The zero-order valence-corrected chi connectivity index (χ0v) is 17.6. The zero-order chi connectivity index (χ0) is 21.8. The molecule has 6 nitrogen and oxygen atoms in total. The summed E-state index contributed by atoms with van der Waals surface area (Å²) in [5, 5.41) is 6.36. The molecule has 1 aromatic heterocycles. The number of rotatable bonds is 6. The van der Waals surface area contributed by atoms with E-state index < -0.39 is 11.6 Å². The first kappa shape index (κ1) is 21.4. The van der Waals surface area contributed by atoms with Crippen LogP contribution in [0, 0.1) is 11.6 Å². The molecule has 0 radical (unpaired) electrons. The van der Waals surface area contributed by atoms with Crippen molar-refractivity contribution >= 4 is 11.6 Å². The van der Waals surface area contributed by atoms with Crippen molar-refractivity contribution in [3.05, 3.63) is 65.0 Å². The summed E-state index contributed by atoms with van der Waals surface area (Å²) in [6, 6.07) is 9.18. The molecule has 2 aliphatic rings. The first-order valence-corrected chi connectivity index (χ1v) is 10.6. The molecule has 0 bridgehead atoms. The highest BCUT2D eigenvalue weighted by Crippen LogP contribution is 2.23. The number of carbonyl (C=O) groups excluding carboxylic acids is 1. The van der Waals surface area contributed by atoms with Crippen LogP contribution in [0.2, 0.25) is 0 Å². The number of amides is 1. The van der Waals surface area contributed by atoms with Gasteiger partial charge in [0.25, 0.3) is 0 Å². The van der Waals surface area contributed by atoms with Crippen molar-refractivity contribution in [2.24, 2.45) is 5.10 Å². The minimum Gasteiger partial charge on any atom is -0.368 e. The van der Waals surface area contributed by atoms with Gasteiger partial charge in [-0.05, 0) is 31.2 Å². The van der Waals surface area contributed by atoms with Crippen LogP contribution < -0.4 is 0 Å².